The predicted octanol–water partition coefficient (Wildman–Crippen LogP) is 1.03. The van der Waals surface area contributed by atoms with Crippen LogP contribution >= 0.6 is 0 Å². The smallest absolute Gasteiger partial charge is 0.336 e. The molecule has 1 amide bonds. The monoisotopic (exact) mass is 432 g/mol. The summed E-state index contributed by atoms with van der Waals surface area (Å²) in [6.07, 6.45) is 0. The molecular formula is C19H20N4O6S. The topological polar surface area (TPSA) is 126 Å². The van der Waals surface area contributed by atoms with Gasteiger partial charge in [-0.3, -0.25) is 9.69 Å². The highest BCUT2D eigenvalue weighted by atomic mass is 32.2. The van der Waals surface area contributed by atoms with Crippen molar-refractivity contribution in [3.05, 3.63) is 52.6 Å². The number of fused-ring (bicyclic) bond motifs is 1. The van der Waals surface area contributed by atoms with Crippen molar-refractivity contribution < 1.29 is 22.2 Å². The second kappa shape index (κ2) is 8.01. The molecule has 1 fully saturated rings. The average Bonchev–Trinajstić information content (AvgIpc) is 3.12. The summed E-state index contributed by atoms with van der Waals surface area (Å²) in [6, 6.07) is 8.82. The number of hydrogen-bond acceptors (Lipinski definition) is 8. The largest absolute Gasteiger partial charge is 0.423 e. The molecule has 3 aromatic rings. The number of rotatable bonds is 5. The van der Waals surface area contributed by atoms with Gasteiger partial charge in [0.1, 0.15) is 11.3 Å². The van der Waals surface area contributed by atoms with E-state index in [2.05, 4.69) is 10.5 Å². The maximum Gasteiger partial charge on any atom is 0.336 e. The molecule has 1 aromatic carbocycles. The van der Waals surface area contributed by atoms with E-state index >= 15 is 0 Å². The lowest BCUT2D eigenvalue weighted by Gasteiger charge is -2.33. The van der Waals surface area contributed by atoms with E-state index in [9.17, 15) is 18.0 Å². The molecule has 0 atom stereocenters. The zero-order valence-electron chi connectivity index (χ0n) is 16.2. The van der Waals surface area contributed by atoms with Crippen molar-refractivity contribution in [2.24, 2.45) is 0 Å². The highest BCUT2D eigenvalue weighted by Gasteiger charge is 2.29. The van der Waals surface area contributed by atoms with Crippen LogP contribution in [0.2, 0.25) is 0 Å². The van der Waals surface area contributed by atoms with E-state index in [0.717, 1.165) is 0 Å². The molecule has 158 valence electrons. The lowest BCUT2D eigenvalue weighted by molar-refractivity contribution is -0.117. The average molecular weight is 432 g/mol. The van der Waals surface area contributed by atoms with Gasteiger partial charge in [-0.1, -0.05) is 5.16 Å². The zero-order valence-corrected chi connectivity index (χ0v) is 17.0. The normalized spacial score (nSPS) is 16.0. The third kappa shape index (κ3) is 4.27. The highest BCUT2D eigenvalue weighted by Crippen LogP contribution is 2.22. The molecule has 0 unspecified atom stereocenters. The van der Waals surface area contributed by atoms with Crippen molar-refractivity contribution >= 4 is 32.7 Å². The van der Waals surface area contributed by atoms with E-state index in [4.69, 9.17) is 8.94 Å². The standard InChI is InChI=1S/C19H20N4O6S/c1-13-10-17(21-29-13)20-18(24)12-22-6-8-23(9-7-22)30(26,27)15-3-4-16-14(11-15)2-5-19(25)28-16/h2-5,10-11H,6-9,12H2,1H3,(H,20,21,24). The maximum absolute atomic E-state index is 13.0. The van der Waals surface area contributed by atoms with Gasteiger partial charge in [0.25, 0.3) is 0 Å². The molecule has 4 rings (SSSR count). The van der Waals surface area contributed by atoms with Crippen LogP contribution < -0.4 is 10.9 Å². The number of sulfonamides is 1. The summed E-state index contributed by atoms with van der Waals surface area (Å²) < 4.78 is 37.3. The first-order chi connectivity index (χ1) is 14.3. The lowest BCUT2D eigenvalue weighted by atomic mass is 10.2. The SMILES string of the molecule is Cc1cc(NC(=O)CN2CCN(S(=O)(=O)c3ccc4oc(=O)ccc4c3)CC2)no1. The van der Waals surface area contributed by atoms with Crippen molar-refractivity contribution in [3.63, 3.8) is 0 Å². The van der Waals surface area contributed by atoms with Crippen molar-refractivity contribution in [2.45, 2.75) is 11.8 Å². The number of piperazine rings is 1. The number of amides is 1. The van der Waals surface area contributed by atoms with E-state index in [-0.39, 0.29) is 30.4 Å². The summed E-state index contributed by atoms with van der Waals surface area (Å²) in [4.78, 5) is 25.4. The summed E-state index contributed by atoms with van der Waals surface area (Å²) in [5, 5.41) is 6.90. The third-order valence-corrected chi connectivity index (χ3v) is 6.72. The first-order valence-corrected chi connectivity index (χ1v) is 10.7. The Balaban J connectivity index is 1.38. The number of anilines is 1. The Hall–Kier alpha value is -3.02. The molecule has 1 N–H and O–H groups in total. The van der Waals surface area contributed by atoms with Gasteiger partial charge in [0.2, 0.25) is 15.9 Å². The van der Waals surface area contributed by atoms with Crippen molar-refractivity contribution in [1.82, 2.24) is 14.4 Å². The van der Waals surface area contributed by atoms with Crippen LogP contribution in [0.4, 0.5) is 5.82 Å². The molecular weight excluding hydrogens is 412 g/mol. The van der Waals surface area contributed by atoms with Gasteiger partial charge < -0.3 is 14.3 Å². The van der Waals surface area contributed by atoms with Crippen LogP contribution in [-0.2, 0) is 14.8 Å². The van der Waals surface area contributed by atoms with Gasteiger partial charge in [-0.25, -0.2) is 13.2 Å². The second-order valence-electron chi connectivity index (χ2n) is 7.01. The Morgan fingerprint density at radius 2 is 1.90 bits per heavy atom. The number of nitrogens with one attached hydrogen (secondary N) is 1. The van der Waals surface area contributed by atoms with Crippen LogP contribution in [0.25, 0.3) is 11.0 Å². The highest BCUT2D eigenvalue weighted by molar-refractivity contribution is 7.89. The molecule has 0 saturated carbocycles. The summed E-state index contributed by atoms with van der Waals surface area (Å²) >= 11 is 0. The molecule has 1 saturated heterocycles. The minimum Gasteiger partial charge on any atom is -0.423 e. The molecule has 3 heterocycles. The molecule has 1 aliphatic heterocycles. The van der Waals surface area contributed by atoms with Crippen LogP contribution in [-0.4, -0.2) is 61.4 Å². The Kier molecular flexibility index (Phi) is 5.41. The van der Waals surface area contributed by atoms with Gasteiger partial charge >= 0.3 is 5.63 Å². The molecule has 1 aliphatic rings. The van der Waals surface area contributed by atoms with E-state index in [1.807, 2.05) is 4.90 Å². The summed E-state index contributed by atoms with van der Waals surface area (Å²) in [6.45, 7) is 3.24. The van der Waals surface area contributed by atoms with Crippen molar-refractivity contribution in [1.29, 1.82) is 0 Å². The fraction of sp³-hybridized carbons (Fsp3) is 0.316. The fourth-order valence-electron chi connectivity index (χ4n) is 3.30. The second-order valence-corrected chi connectivity index (χ2v) is 8.94. The first-order valence-electron chi connectivity index (χ1n) is 9.31. The number of benzene rings is 1. The quantitative estimate of drug-likeness (QED) is 0.593. The molecule has 10 nitrogen and oxygen atoms in total. The molecule has 2 aromatic heterocycles. The minimum atomic E-state index is -3.70. The van der Waals surface area contributed by atoms with Gasteiger partial charge in [0, 0.05) is 43.7 Å². The molecule has 0 spiro atoms. The van der Waals surface area contributed by atoms with Gasteiger partial charge in [-0.15, -0.1) is 0 Å². The number of carbonyl (C=O) groups is 1. The maximum atomic E-state index is 13.0. The minimum absolute atomic E-state index is 0.134. The van der Waals surface area contributed by atoms with E-state index in [1.54, 1.807) is 13.0 Å². The van der Waals surface area contributed by atoms with Crippen LogP contribution in [0, 0.1) is 6.92 Å². The fourth-order valence-corrected chi connectivity index (χ4v) is 4.76. The number of nitrogens with zero attached hydrogens (tertiary/aromatic N) is 3. The number of hydrogen-bond donors (Lipinski definition) is 1. The molecule has 30 heavy (non-hydrogen) atoms. The Labute approximate surface area is 172 Å². The Morgan fingerprint density at radius 3 is 2.60 bits per heavy atom. The summed E-state index contributed by atoms with van der Waals surface area (Å²) in [5.41, 5.74) is -0.156. The predicted molar refractivity (Wildman–Crippen MR) is 108 cm³/mol. The summed E-state index contributed by atoms with van der Waals surface area (Å²) in [7, 11) is -3.70. The van der Waals surface area contributed by atoms with E-state index in [0.29, 0.717) is 35.6 Å². The van der Waals surface area contributed by atoms with Crippen LogP contribution in [0.15, 0.2) is 55.0 Å². The third-order valence-electron chi connectivity index (χ3n) is 4.82. The van der Waals surface area contributed by atoms with Gasteiger partial charge in [-0.05, 0) is 31.2 Å². The molecule has 11 heteroatoms. The Bertz CT molecular complexity index is 1240. The Morgan fingerprint density at radius 1 is 1.13 bits per heavy atom. The van der Waals surface area contributed by atoms with Crippen LogP contribution in [0.5, 0.6) is 0 Å². The van der Waals surface area contributed by atoms with Crippen LogP contribution in [0.3, 0.4) is 0 Å². The number of aromatic nitrogens is 1. The molecule has 0 bridgehead atoms. The van der Waals surface area contributed by atoms with Crippen molar-refractivity contribution in [2.75, 3.05) is 38.0 Å². The van der Waals surface area contributed by atoms with Crippen molar-refractivity contribution in [3.8, 4) is 0 Å². The van der Waals surface area contributed by atoms with Gasteiger partial charge in [0.05, 0.1) is 11.4 Å². The molecule has 0 radical (unpaired) electrons. The summed E-state index contributed by atoms with van der Waals surface area (Å²) in [5.74, 6) is 0.710. The van der Waals surface area contributed by atoms with Crippen LogP contribution in [0.1, 0.15) is 5.76 Å². The first kappa shape index (κ1) is 20.3. The number of aryl methyl sites for hydroxylation is 1. The lowest BCUT2D eigenvalue weighted by Crippen LogP contribution is -2.50. The number of carbonyl (C=O) groups excluding carboxylic acids is 1. The van der Waals surface area contributed by atoms with Gasteiger partial charge in [-0.2, -0.15) is 4.31 Å². The van der Waals surface area contributed by atoms with Gasteiger partial charge in [0.15, 0.2) is 5.82 Å². The molecule has 0 aliphatic carbocycles. The van der Waals surface area contributed by atoms with E-state index < -0.39 is 15.6 Å². The zero-order chi connectivity index (χ0) is 21.3. The van der Waals surface area contributed by atoms with E-state index in [1.165, 1.54) is 34.6 Å².